The van der Waals surface area contributed by atoms with Crippen LogP contribution in [-0.4, -0.2) is 27.1 Å². The average molecular weight is 349 g/mol. The van der Waals surface area contributed by atoms with Crippen molar-refractivity contribution >= 4 is 17.2 Å². The Balaban J connectivity index is 1.70. The van der Waals surface area contributed by atoms with E-state index in [0.717, 1.165) is 27.6 Å². The summed E-state index contributed by atoms with van der Waals surface area (Å²) < 4.78 is 6.87. The van der Waals surface area contributed by atoms with Crippen LogP contribution in [-0.2, 0) is 0 Å². The second-order valence-corrected chi connectivity index (χ2v) is 6.31. The quantitative estimate of drug-likeness (QED) is 0.608. The molecule has 7 heteroatoms. The van der Waals surface area contributed by atoms with E-state index in [2.05, 4.69) is 15.3 Å². The molecule has 2 N–H and O–H groups in total. The van der Waals surface area contributed by atoms with Gasteiger partial charge in [0.05, 0.1) is 12.8 Å². The van der Waals surface area contributed by atoms with Gasteiger partial charge in [-0.25, -0.2) is 0 Å². The SMILES string of the molecule is COc1cccc(-c2nnc(-n3nc(-c4ccccc4)cc3N)s2)c1. The first-order valence-corrected chi connectivity index (χ1v) is 8.45. The molecule has 0 aliphatic heterocycles. The number of nitrogens with two attached hydrogens (primary N) is 1. The van der Waals surface area contributed by atoms with Crippen molar-refractivity contribution in [3.63, 3.8) is 0 Å². The van der Waals surface area contributed by atoms with Gasteiger partial charge in [0.1, 0.15) is 16.6 Å². The molecule has 0 spiro atoms. The molecule has 2 aromatic heterocycles. The van der Waals surface area contributed by atoms with Crippen molar-refractivity contribution in [2.45, 2.75) is 0 Å². The van der Waals surface area contributed by atoms with Gasteiger partial charge in [-0.3, -0.25) is 0 Å². The number of benzene rings is 2. The van der Waals surface area contributed by atoms with Gasteiger partial charge < -0.3 is 10.5 Å². The van der Waals surface area contributed by atoms with Gasteiger partial charge in [-0.2, -0.15) is 9.78 Å². The van der Waals surface area contributed by atoms with Gasteiger partial charge in [-0.1, -0.05) is 53.8 Å². The Morgan fingerprint density at radius 2 is 1.76 bits per heavy atom. The van der Waals surface area contributed by atoms with Crippen molar-refractivity contribution in [1.82, 2.24) is 20.0 Å². The largest absolute Gasteiger partial charge is 0.497 e. The van der Waals surface area contributed by atoms with Crippen molar-refractivity contribution in [3.8, 4) is 32.7 Å². The van der Waals surface area contributed by atoms with Crippen LogP contribution in [0.2, 0.25) is 0 Å². The molecule has 0 atom stereocenters. The molecule has 0 radical (unpaired) electrons. The number of anilines is 1. The Morgan fingerprint density at radius 3 is 2.56 bits per heavy atom. The predicted octanol–water partition coefficient (Wildman–Crippen LogP) is 3.65. The van der Waals surface area contributed by atoms with Gasteiger partial charge in [0.25, 0.3) is 0 Å². The van der Waals surface area contributed by atoms with Crippen molar-refractivity contribution in [2.24, 2.45) is 0 Å². The third kappa shape index (κ3) is 2.97. The van der Waals surface area contributed by atoms with Crippen molar-refractivity contribution < 1.29 is 4.74 Å². The van der Waals surface area contributed by atoms with Crippen molar-refractivity contribution in [3.05, 3.63) is 60.7 Å². The zero-order valence-corrected chi connectivity index (χ0v) is 14.3. The molecule has 0 fully saturated rings. The first-order valence-electron chi connectivity index (χ1n) is 7.64. The highest BCUT2D eigenvalue weighted by atomic mass is 32.1. The first-order chi connectivity index (χ1) is 12.2. The van der Waals surface area contributed by atoms with Crippen LogP contribution < -0.4 is 10.5 Å². The lowest BCUT2D eigenvalue weighted by molar-refractivity contribution is 0.415. The van der Waals surface area contributed by atoms with E-state index in [0.29, 0.717) is 10.9 Å². The maximum Gasteiger partial charge on any atom is 0.235 e. The van der Waals surface area contributed by atoms with Gasteiger partial charge in [-0.15, -0.1) is 10.2 Å². The lowest BCUT2D eigenvalue weighted by Crippen LogP contribution is -2.01. The molecule has 2 heterocycles. The average Bonchev–Trinajstić information content (AvgIpc) is 3.29. The molecular weight excluding hydrogens is 334 g/mol. The molecule has 6 nitrogen and oxygen atoms in total. The number of ether oxygens (including phenoxy) is 1. The summed E-state index contributed by atoms with van der Waals surface area (Å²) in [5.41, 5.74) is 8.87. The Kier molecular flexibility index (Phi) is 3.91. The normalized spacial score (nSPS) is 10.8. The third-order valence-electron chi connectivity index (χ3n) is 3.72. The molecule has 0 saturated carbocycles. The van der Waals surface area contributed by atoms with E-state index in [9.17, 15) is 0 Å². The van der Waals surface area contributed by atoms with E-state index in [1.54, 1.807) is 11.8 Å². The number of hydrogen-bond acceptors (Lipinski definition) is 6. The van der Waals surface area contributed by atoms with Crippen LogP contribution in [0.5, 0.6) is 5.75 Å². The molecule has 0 unspecified atom stereocenters. The maximum atomic E-state index is 6.12. The fourth-order valence-corrected chi connectivity index (χ4v) is 3.29. The van der Waals surface area contributed by atoms with Gasteiger partial charge in [0, 0.05) is 17.2 Å². The highest BCUT2D eigenvalue weighted by Gasteiger charge is 2.14. The van der Waals surface area contributed by atoms with Gasteiger partial charge in [0.15, 0.2) is 0 Å². The molecule has 0 aliphatic carbocycles. The van der Waals surface area contributed by atoms with Gasteiger partial charge in [-0.05, 0) is 12.1 Å². The summed E-state index contributed by atoms with van der Waals surface area (Å²) in [7, 11) is 1.64. The number of nitrogen functional groups attached to an aromatic ring is 1. The Labute approximate surface area is 148 Å². The van der Waals surface area contributed by atoms with Crippen molar-refractivity contribution in [2.75, 3.05) is 12.8 Å². The lowest BCUT2D eigenvalue weighted by Gasteiger charge is -2.00. The zero-order chi connectivity index (χ0) is 17.2. The second kappa shape index (κ2) is 6.37. The van der Waals surface area contributed by atoms with E-state index in [1.165, 1.54) is 11.3 Å². The summed E-state index contributed by atoms with van der Waals surface area (Å²) in [5.74, 6) is 1.30. The molecule has 25 heavy (non-hydrogen) atoms. The molecule has 4 aromatic rings. The smallest absolute Gasteiger partial charge is 0.235 e. The summed E-state index contributed by atoms with van der Waals surface area (Å²) in [5, 5.41) is 14.5. The fraction of sp³-hybridized carbons (Fsp3) is 0.0556. The Bertz CT molecular complexity index is 1010. The lowest BCUT2D eigenvalue weighted by atomic mass is 10.2. The highest BCUT2D eigenvalue weighted by Crippen LogP contribution is 2.30. The minimum atomic E-state index is 0.521. The second-order valence-electron chi connectivity index (χ2n) is 5.35. The van der Waals surface area contributed by atoms with Crippen LogP contribution in [0, 0.1) is 0 Å². The zero-order valence-electron chi connectivity index (χ0n) is 13.5. The summed E-state index contributed by atoms with van der Waals surface area (Å²) in [6.45, 7) is 0. The standard InChI is InChI=1S/C18H15N5OS/c1-24-14-9-5-8-13(10-14)17-20-21-18(25-17)23-16(19)11-15(22-23)12-6-3-2-4-7-12/h2-11H,19H2,1H3. The minimum absolute atomic E-state index is 0.521. The van der Waals surface area contributed by atoms with E-state index >= 15 is 0 Å². The molecule has 0 aliphatic rings. The number of rotatable bonds is 4. The number of nitrogens with zero attached hydrogens (tertiary/aromatic N) is 4. The Hall–Kier alpha value is -3.19. The highest BCUT2D eigenvalue weighted by molar-refractivity contribution is 7.17. The first kappa shape index (κ1) is 15.3. The molecule has 0 saturated heterocycles. The number of hydrogen-bond donors (Lipinski definition) is 1. The van der Waals surface area contributed by atoms with Crippen LogP contribution >= 0.6 is 11.3 Å². The summed E-state index contributed by atoms with van der Waals surface area (Å²) in [6.07, 6.45) is 0. The minimum Gasteiger partial charge on any atom is -0.497 e. The monoisotopic (exact) mass is 349 g/mol. The molecule has 2 aromatic carbocycles. The van der Waals surface area contributed by atoms with Gasteiger partial charge >= 0.3 is 0 Å². The molecule has 124 valence electrons. The summed E-state index contributed by atoms with van der Waals surface area (Å²) >= 11 is 1.42. The van der Waals surface area contributed by atoms with Crippen LogP contribution in [0.25, 0.3) is 27.0 Å². The summed E-state index contributed by atoms with van der Waals surface area (Å²) in [6, 6.07) is 19.4. The topological polar surface area (TPSA) is 78.9 Å². The molecular formula is C18H15N5OS. The predicted molar refractivity (Wildman–Crippen MR) is 98.9 cm³/mol. The van der Waals surface area contributed by atoms with Crippen molar-refractivity contribution in [1.29, 1.82) is 0 Å². The Morgan fingerprint density at radius 1 is 0.960 bits per heavy atom. The third-order valence-corrected chi connectivity index (χ3v) is 4.67. The summed E-state index contributed by atoms with van der Waals surface area (Å²) in [4.78, 5) is 0. The molecule has 0 bridgehead atoms. The molecule has 0 amide bonds. The fourth-order valence-electron chi connectivity index (χ4n) is 2.47. The van der Waals surface area contributed by atoms with E-state index in [1.807, 2.05) is 60.7 Å². The van der Waals surface area contributed by atoms with Crippen LogP contribution in [0.1, 0.15) is 0 Å². The van der Waals surface area contributed by atoms with Crippen LogP contribution in [0.3, 0.4) is 0 Å². The molecule has 4 rings (SSSR count). The van der Waals surface area contributed by atoms with Crippen LogP contribution in [0.15, 0.2) is 60.7 Å². The van der Waals surface area contributed by atoms with E-state index < -0.39 is 0 Å². The van der Waals surface area contributed by atoms with E-state index in [4.69, 9.17) is 10.5 Å². The van der Waals surface area contributed by atoms with E-state index in [-0.39, 0.29) is 0 Å². The van der Waals surface area contributed by atoms with Crippen LogP contribution in [0.4, 0.5) is 5.82 Å². The maximum absolute atomic E-state index is 6.12. The number of aromatic nitrogens is 4. The number of methoxy groups -OCH3 is 1. The van der Waals surface area contributed by atoms with Gasteiger partial charge in [0.2, 0.25) is 5.13 Å².